The molecule has 124 valence electrons. The molecule has 0 atom stereocenters. The van der Waals surface area contributed by atoms with Crippen LogP contribution >= 0.6 is 11.3 Å². The van der Waals surface area contributed by atoms with Gasteiger partial charge in [-0.2, -0.15) is 5.10 Å². The van der Waals surface area contributed by atoms with Crippen LogP contribution in [0.2, 0.25) is 0 Å². The van der Waals surface area contributed by atoms with Crippen molar-refractivity contribution in [3.8, 4) is 17.2 Å². The van der Waals surface area contributed by atoms with Crippen molar-refractivity contribution in [1.82, 2.24) is 10.2 Å². The fourth-order valence-corrected chi connectivity index (χ4v) is 2.77. The van der Waals surface area contributed by atoms with Crippen LogP contribution in [-0.4, -0.2) is 32.9 Å². The average Bonchev–Trinajstić information content (AvgIpc) is 3.26. The third-order valence-electron chi connectivity index (χ3n) is 3.28. The summed E-state index contributed by atoms with van der Waals surface area (Å²) in [4.78, 5) is 15.1. The van der Waals surface area contributed by atoms with Crippen molar-refractivity contribution in [3.05, 3.63) is 52.9 Å². The molecule has 0 aliphatic heterocycles. The second kappa shape index (κ2) is 7.05. The quantitative estimate of drug-likeness (QED) is 0.596. The van der Waals surface area contributed by atoms with Crippen LogP contribution in [0.25, 0.3) is 0 Å². The van der Waals surface area contributed by atoms with Crippen LogP contribution in [-0.2, 0) is 11.3 Å². The maximum absolute atomic E-state index is 12.5. The fourth-order valence-electron chi connectivity index (χ4n) is 2.08. The third kappa shape index (κ3) is 3.66. The Kier molecular flexibility index (Phi) is 4.66. The van der Waals surface area contributed by atoms with Crippen LogP contribution in [0.15, 0.2) is 48.0 Å². The first-order valence-corrected chi connectivity index (χ1v) is 7.98. The van der Waals surface area contributed by atoms with E-state index >= 15 is 0 Å². The summed E-state index contributed by atoms with van der Waals surface area (Å²) in [6, 6.07) is 9.60. The topological polar surface area (TPSA) is 98.7 Å². The number of aromatic nitrogens is 2. The van der Waals surface area contributed by atoms with Crippen molar-refractivity contribution < 1.29 is 19.7 Å². The summed E-state index contributed by atoms with van der Waals surface area (Å²) in [5, 5.41) is 27.3. The molecule has 0 saturated heterocycles. The van der Waals surface area contributed by atoms with Crippen molar-refractivity contribution in [2.75, 3.05) is 11.5 Å². The molecule has 2 heterocycles. The molecule has 0 aliphatic carbocycles. The lowest BCUT2D eigenvalue weighted by Gasteiger charge is -2.20. The van der Waals surface area contributed by atoms with Gasteiger partial charge in [0.05, 0.1) is 12.7 Å². The summed E-state index contributed by atoms with van der Waals surface area (Å²) in [6.07, 6.45) is 1.57. The predicted octanol–water partition coefficient (Wildman–Crippen LogP) is 2.49. The van der Waals surface area contributed by atoms with Crippen molar-refractivity contribution >= 4 is 23.1 Å². The zero-order chi connectivity index (χ0) is 16.9. The molecule has 0 spiro atoms. The zero-order valence-electron chi connectivity index (χ0n) is 12.5. The number of hydrogen-bond donors (Lipinski definition) is 3. The Morgan fingerprint density at radius 2 is 2.12 bits per heavy atom. The minimum absolute atomic E-state index is 0.214. The number of hydrogen-bond acceptors (Lipinski definition) is 6. The number of thiophene rings is 1. The lowest BCUT2D eigenvalue weighted by molar-refractivity contribution is -0.120. The molecule has 1 aromatic carbocycles. The lowest BCUT2D eigenvalue weighted by atomic mass is 10.3. The Morgan fingerprint density at radius 3 is 2.79 bits per heavy atom. The number of amides is 1. The number of aromatic hydroxyl groups is 2. The molecule has 3 rings (SSSR count). The SMILES string of the molecule is O=C(COc1ccc(O)c(O)c1)N(Cc1cccs1)c1ccn[nH]1. The van der Waals surface area contributed by atoms with Gasteiger partial charge in [0, 0.05) is 17.0 Å². The molecule has 2 aromatic heterocycles. The molecule has 0 fully saturated rings. The molecule has 8 heteroatoms. The number of rotatable bonds is 6. The molecule has 0 radical (unpaired) electrons. The van der Waals surface area contributed by atoms with Crippen LogP contribution in [0.3, 0.4) is 0 Å². The lowest BCUT2D eigenvalue weighted by Crippen LogP contribution is -2.34. The highest BCUT2D eigenvalue weighted by molar-refractivity contribution is 7.09. The van der Waals surface area contributed by atoms with Gasteiger partial charge < -0.3 is 14.9 Å². The highest BCUT2D eigenvalue weighted by atomic mass is 32.1. The zero-order valence-corrected chi connectivity index (χ0v) is 13.4. The van der Waals surface area contributed by atoms with E-state index in [1.54, 1.807) is 28.5 Å². The first-order valence-electron chi connectivity index (χ1n) is 7.10. The molecule has 24 heavy (non-hydrogen) atoms. The average molecular weight is 345 g/mol. The number of aromatic amines is 1. The molecular formula is C16H15N3O4S. The van der Waals surface area contributed by atoms with E-state index in [1.807, 2.05) is 17.5 Å². The Bertz CT molecular complexity index is 803. The van der Waals surface area contributed by atoms with E-state index < -0.39 is 0 Å². The number of nitrogens with one attached hydrogen (secondary N) is 1. The molecule has 0 saturated carbocycles. The van der Waals surface area contributed by atoms with Gasteiger partial charge in [0.2, 0.25) is 0 Å². The largest absolute Gasteiger partial charge is 0.504 e. The Labute approximate surface area is 141 Å². The van der Waals surface area contributed by atoms with Crippen LogP contribution in [0.1, 0.15) is 4.88 Å². The van der Waals surface area contributed by atoms with E-state index in [1.165, 1.54) is 18.2 Å². The number of ether oxygens (including phenoxy) is 1. The first kappa shape index (κ1) is 15.9. The Hall–Kier alpha value is -3.00. The van der Waals surface area contributed by atoms with E-state index in [-0.39, 0.29) is 24.0 Å². The molecule has 7 nitrogen and oxygen atoms in total. The monoisotopic (exact) mass is 345 g/mol. The molecule has 0 aliphatic rings. The standard InChI is InChI=1S/C16H15N3O4S/c20-13-4-3-11(8-14(13)21)23-10-16(22)19(15-5-6-17-18-15)9-12-2-1-7-24-12/h1-8,20-21H,9-10H2,(H,17,18). The van der Waals surface area contributed by atoms with Gasteiger partial charge in [0.1, 0.15) is 11.6 Å². The minimum atomic E-state index is -0.302. The van der Waals surface area contributed by atoms with E-state index in [2.05, 4.69) is 10.2 Å². The molecule has 0 unspecified atom stereocenters. The van der Waals surface area contributed by atoms with Crippen molar-refractivity contribution in [2.45, 2.75) is 6.54 Å². The van der Waals surface area contributed by atoms with Gasteiger partial charge in [-0.25, -0.2) is 0 Å². The maximum atomic E-state index is 12.5. The fraction of sp³-hybridized carbons (Fsp3) is 0.125. The Morgan fingerprint density at radius 1 is 1.25 bits per heavy atom. The van der Waals surface area contributed by atoms with Crippen molar-refractivity contribution in [1.29, 1.82) is 0 Å². The van der Waals surface area contributed by atoms with Crippen LogP contribution < -0.4 is 9.64 Å². The summed E-state index contributed by atoms with van der Waals surface area (Å²) in [7, 11) is 0. The van der Waals surface area contributed by atoms with Crippen molar-refractivity contribution in [3.63, 3.8) is 0 Å². The molecule has 3 N–H and O–H groups in total. The van der Waals surface area contributed by atoms with Gasteiger partial charge in [-0.15, -0.1) is 11.3 Å². The summed E-state index contributed by atoms with van der Waals surface area (Å²) in [6.45, 7) is 0.192. The Balaban J connectivity index is 1.70. The summed E-state index contributed by atoms with van der Waals surface area (Å²) in [5.41, 5.74) is 0. The molecule has 1 amide bonds. The van der Waals surface area contributed by atoms with E-state index in [0.717, 1.165) is 4.88 Å². The number of benzene rings is 1. The highest BCUT2D eigenvalue weighted by Gasteiger charge is 2.19. The molecular weight excluding hydrogens is 330 g/mol. The predicted molar refractivity (Wildman–Crippen MR) is 89.4 cm³/mol. The van der Waals surface area contributed by atoms with E-state index in [0.29, 0.717) is 18.1 Å². The summed E-state index contributed by atoms with van der Waals surface area (Å²) < 4.78 is 5.41. The first-order chi connectivity index (χ1) is 11.6. The van der Waals surface area contributed by atoms with Gasteiger partial charge >= 0.3 is 0 Å². The smallest absolute Gasteiger partial charge is 0.266 e. The van der Waals surface area contributed by atoms with Crippen LogP contribution in [0.4, 0.5) is 5.82 Å². The second-order valence-corrected chi connectivity index (χ2v) is 5.97. The molecule has 0 bridgehead atoms. The number of phenols is 2. The van der Waals surface area contributed by atoms with Gasteiger partial charge in [0.15, 0.2) is 18.1 Å². The van der Waals surface area contributed by atoms with E-state index in [4.69, 9.17) is 4.74 Å². The van der Waals surface area contributed by atoms with Crippen LogP contribution in [0.5, 0.6) is 17.2 Å². The van der Waals surface area contributed by atoms with Crippen molar-refractivity contribution in [2.24, 2.45) is 0 Å². The van der Waals surface area contributed by atoms with Gasteiger partial charge in [0.25, 0.3) is 5.91 Å². The molecule has 3 aromatic rings. The van der Waals surface area contributed by atoms with Crippen LogP contribution in [0, 0.1) is 0 Å². The highest BCUT2D eigenvalue weighted by Crippen LogP contribution is 2.28. The normalized spacial score (nSPS) is 10.5. The number of carbonyl (C=O) groups excluding carboxylic acids is 1. The van der Waals surface area contributed by atoms with Gasteiger partial charge in [-0.3, -0.25) is 14.8 Å². The number of H-pyrrole nitrogens is 1. The number of carbonyl (C=O) groups is 1. The number of nitrogens with zero attached hydrogens (tertiary/aromatic N) is 2. The van der Waals surface area contributed by atoms with Gasteiger partial charge in [-0.1, -0.05) is 6.07 Å². The maximum Gasteiger partial charge on any atom is 0.266 e. The van der Waals surface area contributed by atoms with Gasteiger partial charge in [-0.05, 0) is 23.6 Å². The third-order valence-corrected chi connectivity index (χ3v) is 4.14. The number of phenolic OH excluding ortho intramolecular Hbond substituents is 2. The van der Waals surface area contributed by atoms with E-state index in [9.17, 15) is 15.0 Å². The summed E-state index contributed by atoms with van der Waals surface area (Å²) >= 11 is 1.55. The second-order valence-electron chi connectivity index (χ2n) is 4.94. The summed E-state index contributed by atoms with van der Waals surface area (Å²) in [5.74, 6) is 0.0551. The number of anilines is 1. The minimum Gasteiger partial charge on any atom is -0.504 e.